The van der Waals surface area contributed by atoms with E-state index < -0.39 is 11.8 Å². The fraction of sp³-hybridized carbons (Fsp3) is 0.214. The third kappa shape index (κ3) is 4.35. The van der Waals surface area contributed by atoms with Crippen molar-refractivity contribution < 1.29 is 14.3 Å². The number of thiophene rings is 1. The lowest BCUT2D eigenvalue weighted by Crippen LogP contribution is -2.05. The molecule has 0 atom stereocenters. The van der Waals surface area contributed by atoms with E-state index in [1.807, 2.05) is 36.4 Å². The SMILES string of the molecule is CCOC(=O)c1sc(CC(=O)/C(C#N)=C/c2ccc3c(c2)c2ccccc2n3CC)c(C#N)c1C. The van der Waals surface area contributed by atoms with Gasteiger partial charge in [0.15, 0.2) is 5.78 Å². The van der Waals surface area contributed by atoms with Crippen LogP contribution in [0.4, 0.5) is 0 Å². The summed E-state index contributed by atoms with van der Waals surface area (Å²) in [4.78, 5) is 26.0. The van der Waals surface area contributed by atoms with Gasteiger partial charge in [0, 0.05) is 39.6 Å². The highest BCUT2D eigenvalue weighted by atomic mass is 32.1. The highest BCUT2D eigenvalue weighted by Gasteiger charge is 2.23. The van der Waals surface area contributed by atoms with Crippen LogP contribution in [0.25, 0.3) is 27.9 Å². The number of esters is 1. The number of nitriles is 2. The molecular formula is C28H23N3O3S. The number of hydrogen-bond acceptors (Lipinski definition) is 6. The zero-order valence-corrected chi connectivity index (χ0v) is 20.5. The first kappa shape index (κ1) is 23.9. The number of aromatic nitrogens is 1. The number of fused-ring (bicyclic) bond motifs is 3. The quantitative estimate of drug-likeness (QED) is 0.185. The molecule has 0 unspecified atom stereocenters. The number of carbonyl (C=O) groups excluding carboxylic acids is 2. The van der Waals surface area contributed by atoms with Gasteiger partial charge in [-0.05, 0) is 56.2 Å². The molecule has 0 bridgehead atoms. The number of para-hydroxylation sites is 1. The molecule has 0 fully saturated rings. The first-order chi connectivity index (χ1) is 16.9. The van der Waals surface area contributed by atoms with Crippen LogP contribution in [0.2, 0.25) is 0 Å². The molecule has 0 aliphatic heterocycles. The van der Waals surface area contributed by atoms with Gasteiger partial charge in [0.1, 0.15) is 17.0 Å². The lowest BCUT2D eigenvalue weighted by atomic mass is 10.0. The second-order valence-corrected chi connectivity index (χ2v) is 9.10. The Morgan fingerprint density at radius 2 is 1.83 bits per heavy atom. The molecule has 4 aromatic rings. The molecule has 0 radical (unpaired) electrons. The summed E-state index contributed by atoms with van der Waals surface area (Å²) >= 11 is 1.07. The van der Waals surface area contributed by atoms with Crippen molar-refractivity contribution in [3.05, 3.63) is 74.5 Å². The molecule has 0 amide bonds. The summed E-state index contributed by atoms with van der Waals surface area (Å²) in [5, 5.41) is 21.5. The molecule has 174 valence electrons. The molecule has 0 N–H and O–H groups in total. The van der Waals surface area contributed by atoms with Crippen molar-refractivity contribution in [2.45, 2.75) is 33.7 Å². The maximum Gasteiger partial charge on any atom is 0.348 e. The Hall–Kier alpha value is -4.20. The van der Waals surface area contributed by atoms with Gasteiger partial charge in [-0.3, -0.25) is 4.79 Å². The van der Waals surface area contributed by atoms with Crippen molar-refractivity contribution in [3.63, 3.8) is 0 Å². The van der Waals surface area contributed by atoms with Crippen molar-refractivity contribution in [2.24, 2.45) is 0 Å². The number of carbonyl (C=O) groups is 2. The van der Waals surface area contributed by atoms with Crippen LogP contribution in [0.5, 0.6) is 0 Å². The summed E-state index contributed by atoms with van der Waals surface area (Å²) in [5.74, 6) is -0.919. The highest BCUT2D eigenvalue weighted by Crippen LogP contribution is 2.31. The van der Waals surface area contributed by atoms with E-state index in [1.165, 1.54) is 0 Å². The first-order valence-corrected chi connectivity index (χ1v) is 12.1. The zero-order valence-electron chi connectivity index (χ0n) is 19.7. The molecule has 2 aromatic carbocycles. The number of hydrogen-bond donors (Lipinski definition) is 0. The first-order valence-electron chi connectivity index (χ1n) is 11.3. The molecular weight excluding hydrogens is 458 g/mol. The summed E-state index contributed by atoms with van der Waals surface area (Å²) in [7, 11) is 0. The predicted octanol–water partition coefficient (Wildman–Crippen LogP) is 5.95. The zero-order chi connectivity index (χ0) is 25.1. The summed E-state index contributed by atoms with van der Waals surface area (Å²) < 4.78 is 7.30. The van der Waals surface area contributed by atoms with Gasteiger partial charge in [-0.25, -0.2) is 4.79 Å². The van der Waals surface area contributed by atoms with Crippen molar-refractivity contribution in [2.75, 3.05) is 6.61 Å². The minimum absolute atomic E-state index is 0.00351. The van der Waals surface area contributed by atoms with E-state index in [0.29, 0.717) is 15.3 Å². The Morgan fingerprint density at radius 3 is 2.51 bits per heavy atom. The van der Waals surface area contributed by atoms with E-state index in [-0.39, 0.29) is 24.2 Å². The number of aryl methyl sites for hydroxylation is 1. The van der Waals surface area contributed by atoms with E-state index in [2.05, 4.69) is 29.7 Å². The molecule has 7 heteroatoms. The van der Waals surface area contributed by atoms with Gasteiger partial charge in [-0.15, -0.1) is 11.3 Å². The molecule has 35 heavy (non-hydrogen) atoms. The van der Waals surface area contributed by atoms with Gasteiger partial charge in [0.2, 0.25) is 0 Å². The van der Waals surface area contributed by atoms with Crippen LogP contribution in [0.1, 0.15) is 45.1 Å². The lowest BCUT2D eigenvalue weighted by Gasteiger charge is -2.03. The topological polar surface area (TPSA) is 95.9 Å². The van der Waals surface area contributed by atoms with E-state index >= 15 is 0 Å². The van der Waals surface area contributed by atoms with Gasteiger partial charge in [0.05, 0.1) is 17.7 Å². The molecule has 2 aromatic heterocycles. The van der Waals surface area contributed by atoms with Crippen molar-refractivity contribution in [1.29, 1.82) is 10.5 Å². The normalized spacial score (nSPS) is 11.4. The summed E-state index contributed by atoms with van der Waals surface area (Å²) in [6, 6.07) is 18.1. The van der Waals surface area contributed by atoms with Crippen LogP contribution < -0.4 is 0 Å². The van der Waals surface area contributed by atoms with Crippen LogP contribution in [-0.2, 0) is 22.5 Å². The van der Waals surface area contributed by atoms with Crippen LogP contribution in [-0.4, -0.2) is 22.9 Å². The number of ketones is 1. The monoisotopic (exact) mass is 481 g/mol. The lowest BCUT2D eigenvalue weighted by molar-refractivity contribution is -0.114. The van der Waals surface area contributed by atoms with Gasteiger partial charge in [0.25, 0.3) is 0 Å². The molecule has 0 aliphatic rings. The molecule has 0 saturated carbocycles. The number of ether oxygens (including phenoxy) is 1. The summed E-state index contributed by atoms with van der Waals surface area (Å²) in [6.45, 7) is 6.52. The third-order valence-electron chi connectivity index (χ3n) is 5.96. The minimum Gasteiger partial charge on any atom is -0.462 e. The molecule has 2 heterocycles. The van der Waals surface area contributed by atoms with Crippen molar-refractivity contribution in [1.82, 2.24) is 4.57 Å². The van der Waals surface area contributed by atoms with Crippen LogP contribution in [0, 0.1) is 29.6 Å². The maximum atomic E-state index is 13.0. The number of nitrogens with zero attached hydrogens (tertiary/aromatic N) is 3. The Morgan fingerprint density at radius 1 is 1.09 bits per heavy atom. The summed E-state index contributed by atoms with van der Waals surface area (Å²) in [5.41, 5.74) is 3.76. The number of rotatable bonds is 7. The smallest absolute Gasteiger partial charge is 0.348 e. The summed E-state index contributed by atoms with van der Waals surface area (Å²) in [6.07, 6.45) is 1.45. The average Bonchev–Trinajstić information content (AvgIpc) is 3.35. The van der Waals surface area contributed by atoms with E-state index in [0.717, 1.165) is 45.3 Å². The largest absolute Gasteiger partial charge is 0.462 e. The standard InChI is InChI=1S/C28H23N3O3S/c1-4-31-23-9-7-6-8-20(23)21-13-18(10-11-24(21)31)12-19(15-29)25(32)14-26-22(16-30)17(3)27(35-26)28(33)34-5-2/h6-13H,4-5,14H2,1-3H3/b19-12+. The highest BCUT2D eigenvalue weighted by molar-refractivity contribution is 7.14. The molecule has 0 spiro atoms. The number of benzene rings is 2. The van der Waals surface area contributed by atoms with E-state index in [9.17, 15) is 20.1 Å². The van der Waals surface area contributed by atoms with Crippen LogP contribution in [0.15, 0.2) is 48.0 Å². The van der Waals surface area contributed by atoms with Gasteiger partial charge in [-0.2, -0.15) is 10.5 Å². The van der Waals surface area contributed by atoms with Crippen molar-refractivity contribution >= 4 is 51.0 Å². The van der Waals surface area contributed by atoms with Gasteiger partial charge < -0.3 is 9.30 Å². The van der Waals surface area contributed by atoms with Gasteiger partial charge in [-0.1, -0.05) is 24.3 Å². The Balaban J connectivity index is 1.69. The number of allylic oxidation sites excluding steroid dienone is 1. The van der Waals surface area contributed by atoms with Crippen molar-refractivity contribution in [3.8, 4) is 12.1 Å². The average molecular weight is 482 g/mol. The van der Waals surface area contributed by atoms with Gasteiger partial charge >= 0.3 is 5.97 Å². The van der Waals surface area contributed by atoms with Crippen LogP contribution >= 0.6 is 11.3 Å². The van der Waals surface area contributed by atoms with Crippen LogP contribution in [0.3, 0.4) is 0 Å². The Labute approximate surface area is 207 Å². The molecule has 6 nitrogen and oxygen atoms in total. The number of Topliss-reactive ketones (excluding diaryl/α,β-unsaturated/α-hetero) is 1. The minimum atomic E-state index is -0.513. The van der Waals surface area contributed by atoms with E-state index in [1.54, 1.807) is 19.9 Å². The fourth-order valence-electron chi connectivity index (χ4n) is 4.32. The molecule has 4 rings (SSSR count). The van der Waals surface area contributed by atoms with E-state index in [4.69, 9.17) is 4.74 Å². The molecule has 0 saturated heterocycles. The maximum absolute atomic E-state index is 13.0. The fourth-order valence-corrected chi connectivity index (χ4v) is 5.47. The Kier molecular flexibility index (Phi) is 6.82. The molecule has 0 aliphatic carbocycles. The second kappa shape index (κ2) is 9.97. The second-order valence-electron chi connectivity index (χ2n) is 7.99. The third-order valence-corrected chi connectivity index (χ3v) is 7.23. The predicted molar refractivity (Wildman–Crippen MR) is 137 cm³/mol. The Bertz CT molecular complexity index is 1590.